The summed E-state index contributed by atoms with van der Waals surface area (Å²) in [5.41, 5.74) is 8.92. The van der Waals surface area contributed by atoms with Crippen LogP contribution in [0.15, 0.2) is 133 Å². The van der Waals surface area contributed by atoms with Crippen LogP contribution in [-0.4, -0.2) is 142 Å². The number of hydrogen-bond acceptors (Lipinski definition) is 25. The first kappa shape index (κ1) is 77.3. The van der Waals surface area contributed by atoms with Crippen molar-refractivity contribution in [1.29, 1.82) is 5.26 Å². The van der Waals surface area contributed by atoms with Crippen LogP contribution < -0.4 is 38.3 Å². The molecular formula is C59H72ClN21O11S2. The van der Waals surface area contributed by atoms with Crippen LogP contribution in [0.4, 0.5) is 14.4 Å². The minimum atomic E-state index is -1.10. The molecule has 0 radical (unpaired) electrons. The van der Waals surface area contributed by atoms with E-state index >= 15 is 0 Å². The molecule has 9 aromatic rings. The smallest absolute Gasteiger partial charge is 0.408 e. The number of nitrogens with one attached hydrogen (secondary N) is 8. The summed E-state index contributed by atoms with van der Waals surface area (Å²) < 4.78 is 14.8. The molecule has 5 amide bonds. The van der Waals surface area contributed by atoms with E-state index in [-0.39, 0.29) is 24.2 Å². The molecule has 0 bridgehead atoms. The van der Waals surface area contributed by atoms with E-state index in [1.165, 1.54) is 22.7 Å². The van der Waals surface area contributed by atoms with Crippen LogP contribution in [0.2, 0.25) is 0 Å². The van der Waals surface area contributed by atoms with Gasteiger partial charge in [-0.3, -0.25) is 59.8 Å². The van der Waals surface area contributed by atoms with Crippen LogP contribution in [0.25, 0.3) is 34.2 Å². The molecule has 0 saturated heterocycles. The van der Waals surface area contributed by atoms with Crippen LogP contribution in [0.5, 0.6) is 0 Å². The molecule has 35 heteroatoms. The number of aromatic nitrogens is 13. The van der Waals surface area contributed by atoms with E-state index in [9.17, 15) is 33.6 Å². The normalized spacial score (nSPS) is 10.2. The van der Waals surface area contributed by atoms with Crippen molar-refractivity contribution in [3.63, 3.8) is 0 Å². The summed E-state index contributed by atoms with van der Waals surface area (Å²) in [6.45, 7) is 16.0. The molecule has 9 heterocycles. The van der Waals surface area contributed by atoms with Gasteiger partial charge < -0.3 is 46.3 Å². The van der Waals surface area contributed by atoms with Gasteiger partial charge in [-0.15, -0.1) is 22.7 Å². The number of rotatable bonds is 14. The predicted octanol–water partition coefficient (Wildman–Crippen LogP) is 7.25. The number of carboxylic acid groups (broad SMARTS) is 1. The fraction of sp³-hybridized carbons (Fsp3) is 0.288. The first-order valence-electron chi connectivity index (χ1n) is 27.7. The number of alkyl carbamates (subject to hydrolysis) is 3. The highest BCUT2D eigenvalue weighted by molar-refractivity contribution is 7.14. The highest BCUT2D eigenvalue weighted by Gasteiger charge is 2.19. The van der Waals surface area contributed by atoms with E-state index in [1.54, 1.807) is 121 Å². The van der Waals surface area contributed by atoms with Gasteiger partial charge in [-0.25, -0.2) is 35.2 Å². The summed E-state index contributed by atoms with van der Waals surface area (Å²) in [6.07, 6.45) is 11.5. The van der Waals surface area contributed by atoms with Crippen molar-refractivity contribution in [1.82, 2.24) is 92.2 Å². The summed E-state index contributed by atoms with van der Waals surface area (Å²) in [4.78, 5) is 105. The Balaban J connectivity index is 0.000000293. The molecule has 0 atom stereocenters. The molecule has 0 aromatic carbocycles. The quantitative estimate of drug-likeness (QED) is 0.0168. The molecule has 0 saturated carbocycles. The number of nitrogens with two attached hydrogens (primary N) is 2. The Labute approximate surface area is 552 Å². The highest BCUT2D eigenvalue weighted by Crippen LogP contribution is 2.16. The van der Waals surface area contributed by atoms with Crippen molar-refractivity contribution in [2.45, 2.75) is 98.8 Å². The minimum absolute atomic E-state index is 0.109. The van der Waals surface area contributed by atoms with Crippen LogP contribution >= 0.6 is 34.3 Å². The van der Waals surface area contributed by atoms with Gasteiger partial charge in [-0.2, -0.15) is 20.6 Å². The zero-order valence-corrected chi connectivity index (χ0v) is 54.9. The Morgan fingerprint density at radius 2 is 0.904 bits per heavy atom. The molecule has 0 aliphatic heterocycles. The fourth-order valence-corrected chi connectivity index (χ4v) is 7.34. The number of carbonyl (C=O) groups excluding carboxylic acids is 6. The zero-order chi connectivity index (χ0) is 69.5. The van der Waals surface area contributed by atoms with Crippen molar-refractivity contribution < 1.29 is 52.9 Å². The number of carboxylic acids is 1. The Hall–Kier alpha value is -11.0. The van der Waals surface area contributed by atoms with E-state index in [0.29, 0.717) is 63.4 Å². The minimum Gasteiger partial charge on any atom is -0.480 e. The van der Waals surface area contributed by atoms with Crippen molar-refractivity contribution >= 4 is 75.6 Å². The maximum atomic E-state index is 11.8. The predicted molar refractivity (Wildman–Crippen MR) is 347 cm³/mol. The number of nitriles is 1. The number of nitrogens with zero attached hydrogens (tertiary/aromatic N) is 11. The highest BCUT2D eigenvalue weighted by atomic mass is 35.5. The molecule has 0 aliphatic carbocycles. The number of aliphatic carboxylic acids is 1. The molecule has 498 valence electrons. The monoisotopic (exact) mass is 1350 g/mol. The standard InChI is InChI=1S/C13H17N5O2.C13H11N5OS.C8H9N5.C7H15N3O3.C7H13NO4.C6H4N2.C5H3ClOS/c1-13(2,3)20-12(19)15-8-10-16-11(18-17-10)9-4-6-14-7-5-9;19-13(10-2-1-7-20-10)15-8-11-16-12(18-17-11)9-3-5-14-6-4-9;9-5-7-11-8(13-12-7)6-1-3-10-4-2-6;1-7(2,3)13-6(12)9-4-5(11)10-8;1-7(2,3)12-6(11)8-4-5(9)10;7-5-6-1-3-8-4-2-6;6-5(7)4-2-1-3-8-4/h4-7H,8H2,1-3H3,(H,15,19)(H,16,17,18);1-7H,8H2,(H,15,19)(H,16,17,18);1-4H,5,9H2,(H,11,12,13);4,8H2,1-3H3,(H,9,12)(H,10,11);4H2,1-3H3,(H,8,11)(H,9,10);1-4H;1-3H. The van der Waals surface area contributed by atoms with Crippen molar-refractivity contribution in [3.05, 3.63) is 166 Å². The Morgan fingerprint density at radius 1 is 0.543 bits per heavy atom. The second kappa shape index (κ2) is 40.7. The first-order chi connectivity index (χ1) is 44.6. The number of thiophene rings is 2. The second-order valence-electron chi connectivity index (χ2n) is 21.0. The van der Waals surface area contributed by atoms with E-state index in [0.717, 1.165) is 16.7 Å². The van der Waals surface area contributed by atoms with Crippen molar-refractivity contribution in [2.24, 2.45) is 11.6 Å². The van der Waals surface area contributed by atoms with Gasteiger partial charge in [-0.1, -0.05) is 12.1 Å². The summed E-state index contributed by atoms with van der Waals surface area (Å²) >= 11 is 7.87. The molecule has 32 nitrogen and oxygen atoms in total. The summed E-state index contributed by atoms with van der Waals surface area (Å²) in [6, 6.07) is 23.4. The van der Waals surface area contributed by atoms with Crippen LogP contribution in [-0.2, 0) is 43.4 Å². The van der Waals surface area contributed by atoms with Crippen LogP contribution in [0, 0.1) is 11.3 Å². The van der Waals surface area contributed by atoms with Gasteiger partial charge in [0.05, 0.1) is 41.0 Å². The first-order valence-corrected chi connectivity index (χ1v) is 29.8. The molecule has 9 aromatic heterocycles. The fourth-order valence-electron chi connectivity index (χ4n) is 5.95. The second-order valence-corrected chi connectivity index (χ2v) is 23.3. The van der Waals surface area contributed by atoms with Gasteiger partial charge in [0.2, 0.25) is 0 Å². The van der Waals surface area contributed by atoms with Gasteiger partial charge in [0, 0.05) is 66.3 Å². The lowest BCUT2D eigenvalue weighted by atomic mass is 10.2. The number of H-pyrrole nitrogens is 3. The topological polar surface area (TPSA) is 480 Å². The van der Waals surface area contributed by atoms with Crippen molar-refractivity contribution in [2.75, 3.05) is 13.1 Å². The molecule has 0 unspecified atom stereocenters. The summed E-state index contributed by atoms with van der Waals surface area (Å²) in [5.74, 6) is 6.77. The third-order valence-corrected chi connectivity index (χ3v) is 11.9. The maximum Gasteiger partial charge on any atom is 0.408 e. The third-order valence-electron chi connectivity index (χ3n) is 9.82. The molecule has 9 rings (SSSR count). The number of aromatic amines is 3. The number of pyridine rings is 4. The lowest BCUT2D eigenvalue weighted by Gasteiger charge is -2.19. The van der Waals surface area contributed by atoms with E-state index in [4.69, 9.17) is 47.8 Å². The van der Waals surface area contributed by atoms with Gasteiger partial charge >= 0.3 is 24.2 Å². The van der Waals surface area contributed by atoms with Crippen molar-refractivity contribution in [3.8, 4) is 40.2 Å². The SMILES string of the molecule is CC(C)(C)OC(=O)NCC(=O)NN.CC(C)(C)OC(=O)NCC(=O)O.CC(C)(C)OC(=O)NCc1nc(-c2ccncc2)n[nH]1.N#Cc1ccncc1.NCc1nc(-c2ccncc2)n[nH]1.O=C(Cl)c1cccs1.O=C(NCc1nc(-c2ccncc2)n[nH]1)c1cccs1. The van der Waals surface area contributed by atoms with E-state index in [1.807, 2.05) is 85.5 Å². The molecule has 0 aliphatic rings. The number of hydrogen-bond donors (Lipinski definition) is 11. The van der Waals surface area contributed by atoms with E-state index in [2.05, 4.69) is 86.7 Å². The van der Waals surface area contributed by atoms with Gasteiger partial charge in [-0.05, 0) is 145 Å². The Kier molecular flexibility index (Phi) is 33.4. The molecule has 94 heavy (non-hydrogen) atoms. The number of hydrazine groups is 1. The lowest BCUT2D eigenvalue weighted by molar-refractivity contribution is -0.136. The third kappa shape index (κ3) is 34.3. The molecule has 0 spiro atoms. The molecular weight excluding hydrogens is 1280 g/mol. The largest absolute Gasteiger partial charge is 0.480 e. The number of halogens is 1. The van der Waals surface area contributed by atoms with Gasteiger partial charge in [0.25, 0.3) is 17.1 Å². The average molecular weight is 1350 g/mol. The van der Waals surface area contributed by atoms with Gasteiger partial charge in [0.1, 0.15) is 47.4 Å². The number of carbonyl (C=O) groups is 7. The maximum absolute atomic E-state index is 11.8. The number of amides is 5. The zero-order valence-electron chi connectivity index (χ0n) is 52.5. The van der Waals surface area contributed by atoms with Crippen LogP contribution in [0.1, 0.15) is 105 Å². The Morgan fingerprint density at radius 3 is 1.22 bits per heavy atom. The van der Waals surface area contributed by atoms with E-state index < -0.39 is 53.5 Å². The number of ether oxygens (including phenoxy) is 3. The molecule has 0 fully saturated rings. The molecule has 13 N–H and O–H groups in total. The van der Waals surface area contributed by atoms with Gasteiger partial charge in [0.15, 0.2) is 17.5 Å². The summed E-state index contributed by atoms with van der Waals surface area (Å²) in [7, 11) is 0. The van der Waals surface area contributed by atoms with Crippen LogP contribution in [0.3, 0.4) is 0 Å². The summed E-state index contributed by atoms with van der Waals surface area (Å²) in [5, 5.41) is 50.0. The average Bonchev–Trinajstić information content (AvgIpc) is 3.29. The lowest BCUT2D eigenvalue weighted by Crippen LogP contribution is -2.41. The Bertz CT molecular complexity index is 3730.